The van der Waals surface area contributed by atoms with Crippen LogP contribution in [0.1, 0.15) is 24.1 Å². The van der Waals surface area contributed by atoms with Crippen molar-refractivity contribution < 1.29 is 22.4 Å². The number of carbonyl (C=O) groups excluding carboxylic acids is 1. The third-order valence-corrected chi connectivity index (χ3v) is 3.84. The van der Waals surface area contributed by atoms with Crippen LogP contribution in [0.4, 0.5) is 17.6 Å². The molecule has 0 aromatic heterocycles. The molecular weight excluding hydrogens is 336 g/mol. The molecule has 0 bridgehead atoms. The van der Waals surface area contributed by atoms with E-state index in [9.17, 15) is 22.4 Å². The number of alkyl halides is 4. The Hall–Kier alpha value is -1.34. The van der Waals surface area contributed by atoms with Crippen LogP contribution in [0.2, 0.25) is 0 Å². The zero-order valence-corrected chi connectivity index (χ0v) is 13.4. The lowest BCUT2D eigenvalue weighted by Gasteiger charge is -2.38. The fourth-order valence-corrected chi connectivity index (χ4v) is 2.51. The van der Waals surface area contributed by atoms with Crippen molar-refractivity contribution in [3.8, 4) is 0 Å². The number of hydrogen-bond acceptors (Lipinski definition) is 2. The summed E-state index contributed by atoms with van der Waals surface area (Å²) in [6.45, 7) is 2.52. The third-order valence-electron chi connectivity index (χ3n) is 3.84. The molecule has 0 saturated carbocycles. The second-order valence-corrected chi connectivity index (χ2v) is 5.24. The molecule has 23 heavy (non-hydrogen) atoms. The molecule has 1 aliphatic rings. The molecule has 1 saturated heterocycles. The van der Waals surface area contributed by atoms with Gasteiger partial charge in [0.1, 0.15) is 0 Å². The first-order chi connectivity index (χ1) is 10.4. The molecule has 0 radical (unpaired) electrons. The van der Waals surface area contributed by atoms with Crippen molar-refractivity contribution in [2.75, 3.05) is 19.6 Å². The Morgan fingerprint density at radius 2 is 1.96 bits per heavy atom. The Labute approximate surface area is 138 Å². The minimum absolute atomic E-state index is 0. The van der Waals surface area contributed by atoms with E-state index in [1.54, 1.807) is 12.1 Å². The van der Waals surface area contributed by atoms with Crippen LogP contribution in [0.15, 0.2) is 24.3 Å². The number of rotatable bonds is 4. The van der Waals surface area contributed by atoms with Gasteiger partial charge in [-0.1, -0.05) is 31.2 Å². The molecule has 1 amide bonds. The van der Waals surface area contributed by atoms with E-state index < -0.39 is 24.3 Å². The predicted octanol–water partition coefficient (Wildman–Crippen LogP) is 3.04. The lowest BCUT2D eigenvalue weighted by molar-refractivity contribution is -0.183. The molecule has 1 aromatic rings. The fraction of sp³-hybridized carbons (Fsp3) is 0.533. The summed E-state index contributed by atoms with van der Waals surface area (Å²) < 4.78 is 51.6. The Morgan fingerprint density at radius 3 is 2.48 bits per heavy atom. The van der Waals surface area contributed by atoms with Gasteiger partial charge in [-0.25, -0.2) is 8.78 Å². The molecule has 8 heteroatoms. The Bertz CT molecular complexity index is 525. The largest absolute Gasteiger partial charge is 0.383 e. The predicted molar refractivity (Wildman–Crippen MR) is 81.3 cm³/mol. The van der Waals surface area contributed by atoms with Crippen LogP contribution in [0.3, 0.4) is 0 Å². The quantitative estimate of drug-likeness (QED) is 0.843. The zero-order chi connectivity index (χ0) is 16.3. The van der Waals surface area contributed by atoms with Crippen molar-refractivity contribution in [2.24, 2.45) is 0 Å². The Kier molecular flexibility index (Phi) is 6.83. The zero-order valence-electron chi connectivity index (χ0n) is 12.6. The van der Waals surface area contributed by atoms with E-state index in [-0.39, 0.29) is 25.5 Å². The highest BCUT2D eigenvalue weighted by Gasteiger charge is 2.52. The summed E-state index contributed by atoms with van der Waals surface area (Å²) in [7, 11) is 0. The molecule has 1 atom stereocenters. The van der Waals surface area contributed by atoms with Gasteiger partial charge < -0.3 is 10.2 Å². The van der Waals surface area contributed by atoms with Gasteiger partial charge in [0.05, 0.1) is 6.04 Å². The number of halogens is 5. The van der Waals surface area contributed by atoms with E-state index in [1.807, 2.05) is 19.1 Å². The highest BCUT2D eigenvalue weighted by atomic mass is 35.5. The maximum absolute atomic E-state index is 13.4. The Morgan fingerprint density at radius 1 is 1.35 bits per heavy atom. The van der Waals surface area contributed by atoms with Crippen LogP contribution >= 0.6 is 12.4 Å². The maximum atomic E-state index is 13.4. The third kappa shape index (κ3) is 4.14. The summed E-state index contributed by atoms with van der Waals surface area (Å²) in [5, 5.41) is 3.00. The van der Waals surface area contributed by atoms with Gasteiger partial charge in [-0.05, 0) is 17.5 Å². The van der Waals surface area contributed by atoms with Gasteiger partial charge in [-0.3, -0.25) is 4.79 Å². The van der Waals surface area contributed by atoms with Gasteiger partial charge in [-0.2, -0.15) is 8.78 Å². The lowest BCUT2D eigenvalue weighted by Crippen LogP contribution is -2.55. The first-order valence-corrected chi connectivity index (χ1v) is 7.14. The van der Waals surface area contributed by atoms with E-state index in [0.29, 0.717) is 12.1 Å². The topological polar surface area (TPSA) is 32.3 Å². The van der Waals surface area contributed by atoms with Crippen molar-refractivity contribution in [1.29, 1.82) is 0 Å². The van der Waals surface area contributed by atoms with E-state index in [4.69, 9.17) is 0 Å². The second kappa shape index (κ2) is 7.97. The molecule has 1 unspecified atom stereocenters. The molecule has 0 spiro atoms. The normalized spacial score (nSPS) is 18.7. The lowest BCUT2D eigenvalue weighted by atomic mass is 10.00. The standard InChI is InChI=1S/C15H18F4N2O.ClH/c1-2-10-3-5-11(6-4-10)12-9-20-7-8-21(12)14(22)15(18,19)13(16)17;/h3-6,12-13,20H,2,7-9H2,1H3;1H. The number of carbonyl (C=O) groups is 1. The smallest absolute Gasteiger partial charge is 0.328 e. The summed E-state index contributed by atoms with van der Waals surface area (Å²) in [5.41, 5.74) is 1.73. The average molecular weight is 355 g/mol. The molecular formula is C15H19ClF4N2O. The van der Waals surface area contributed by atoms with Crippen LogP contribution in [-0.2, 0) is 11.2 Å². The van der Waals surface area contributed by atoms with Gasteiger partial charge in [0.2, 0.25) is 0 Å². The molecule has 130 valence electrons. The van der Waals surface area contributed by atoms with Gasteiger partial charge in [0.15, 0.2) is 0 Å². The second-order valence-electron chi connectivity index (χ2n) is 5.24. The molecule has 1 fully saturated rings. The first-order valence-electron chi connectivity index (χ1n) is 7.14. The van der Waals surface area contributed by atoms with Crippen LogP contribution < -0.4 is 5.32 Å². The molecule has 1 heterocycles. The van der Waals surface area contributed by atoms with E-state index in [0.717, 1.165) is 16.9 Å². The van der Waals surface area contributed by atoms with Crippen LogP contribution in [0, 0.1) is 0 Å². The number of benzene rings is 1. The molecule has 3 nitrogen and oxygen atoms in total. The average Bonchev–Trinajstić information content (AvgIpc) is 2.54. The highest BCUT2D eigenvalue weighted by molar-refractivity contribution is 5.85. The van der Waals surface area contributed by atoms with Gasteiger partial charge in [-0.15, -0.1) is 12.4 Å². The van der Waals surface area contributed by atoms with E-state index in [1.165, 1.54) is 0 Å². The fourth-order valence-electron chi connectivity index (χ4n) is 2.51. The van der Waals surface area contributed by atoms with Crippen molar-refractivity contribution in [3.05, 3.63) is 35.4 Å². The summed E-state index contributed by atoms with van der Waals surface area (Å²) >= 11 is 0. The minimum atomic E-state index is -4.65. The van der Waals surface area contributed by atoms with Gasteiger partial charge in [0, 0.05) is 19.6 Å². The summed E-state index contributed by atoms with van der Waals surface area (Å²) in [6, 6.07) is 6.52. The SMILES string of the molecule is CCc1ccc(C2CNCCN2C(=O)C(F)(F)C(F)F)cc1.Cl. The summed E-state index contributed by atoms with van der Waals surface area (Å²) in [5.74, 6) is -6.47. The summed E-state index contributed by atoms with van der Waals surface area (Å²) in [4.78, 5) is 12.7. The number of aryl methyl sites for hydroxylation is 1. The maximum Gasteiger partial charge on any atom is 0.383 e. The van der Waals surface area contributed by atoms with Gasteiger partial charge in [0.25, 0.3) is 5.91 Å². The summed E-state index contributed by atoms with van der Waals surface area (Å²) in [6.07, 6.45) is -3.17. The molecule has 1 aromatic carbocycles. The van der Waals surface area contributed by atoms with Gasteiger partial charge >= 0.3 is 12.3 Å². The number of hydrogen-bond donors (Lipinski definition) is 1. The minimum Gasteiger partial charge on any atom is -0.328 e. The molecule has 0 aliphatic carbocycles. The van der Waals surface area contributed by atoms with Crippen molar-refractivity contribution in [3.63, 3.8) is 0 Å². The monoisotopic (exact) mass is 354 g/mol. The van der Waals surface area contributed by atoms with E-state index >= 15 is 0 Å². The number of amides is 1. The molecule has 2 rings (SSSR count). The van der Waals surface area contributed by atoms with Crippen molar-refractivity contribution in [1.82, 2.24) is 10.2 Å². The van der Waals surface area contributed by atoms with Crippen LogP contribution in [0.25, 0.3) is 0 Å². The Balaban J connectivity index is 0.00000264. The highest BCUT2D eigenvalue weighted by Crippen LogP contribution is 2.31. The number of nitrogens with zero attached hydrogens (tertiary/aromatic N) is 1. The number of nitrogens with one attached hydrogen (secondary N) is 1. The van der Waals surface area contributed by atoms with Crippen molar-refractivity contribution >= 4 is 18.3 Å². The number of piperazine rings is 1. The molecule has 1 N–H and O–H groups in total. The van der Waals surface area contributed by atoms with Crippen LogP contribution in [-0.4, -0.2) is 42.8 Å². The van der Waals surface area contributed by atoms with E-state index in [2.05, 4.69) is 5.32 Å². The molecule has 1 aliphatic heterocycles. The van der Waals surface area contributed by atoms with Crippen molar-refractivity contribution in [2.45, 2.75) is 31.7 Å². The van der Waals surface area contributed by atoms with Crippen LogP contribution in [0.5, 0.6) is 0 Å². The first kappa shape index (κ1) is 19.7.